The van der Waals surface area contributed by atoms with Crippen molar-refractivity contribution >= 4 is 5.69 Å². The summed E-state index contributed by atoms with van der Waals surface area (Å²) in [6, 6.07) is 25.4. The third-order valence-corrected chi connectivity index (χ3v) is 3.63. The van der Waals surface area contributed by atoms with Crippen LogP contribution in [0.2, 0.25) is 0 Å². The summed E-state index contributed by atoms with van der Waals surface area (Å²) in [6.07, 6.45) is 0. The Morgan fingerprint density at radius 1 is 0.870 bits per heavy atom. The predicted octanol–water partition coefficient (Wildman–Crippen LogP) is 4.39. The van der Waals surface area contributed by atoms with Gasteiger partial charge >= 0.3 is 0 Å². The first-order valence-electron chi connectivity index (χ1n) is 7.34. The van der Waals surface area contributed by atoms with Crippen LogP contribution >= 0.6 is 0 Å². The van der Waals surface area contributed by atoms with Gasteiger partial charge in [-0.3, -0.25) is 0 Å². The van der Waals surface area contributed by atoms with Crippen molar-refractivity contribution in [1.82, 2.24) is 0 Å². The number of nitrogens with two attached hydrogens (primary N) is 1. The second kappa shape index (κ2) is 6.67. The van der Waals surface area contributed by atoms with Crippen LogP contribution in [0.15, 0.2) is 72.8 Å². The second-order valence-corrected chi connectivity index (χ2v) is 5.16. The minimum atomic E-state index is 0.373. The van der Waals surface area contributed by atoms with Gasteiger partial charge in [-0.25, -0.2) is 0 Å². The van der Waals surface area contributed by atoms with Crippen LogP contribution in [0, 0.1) is 11.3 Å². The van der Waals surface area contributed by atoms with Crippen molar-refractivity contribution in [1.29, 1.82) is 5.26 Å². The van der Waals surface area contributed by atoms with Crippen molar-refractivity contribution in [3.05, 3.63) is 83.9 Å². The molecule has 0 fully saturated rings. The molecule has 3 nitrogen and oxygen atoms in total. The fourth-order valence-corrected chi connectivity index (χ4v) is 2.44. The van der Waals surface area contributed by atoms with Crippen LogP contribution in [0.25, 0.3) is 11.1 Å². The topological polar surface area (TPSA) is 59.0 Å². The van der Waals surface area contributed by atoms with Gasteiger partial charge in [-0.2, -0.15) is 5.26 Å². The Hall–Kier alpha value is -3.25. The zero-order valence-electron chi connectivity index (χ0n) is 12.6. The molecule has 0 unspecified atom stereocenters. The van der Waals surface area contributed by atoms with E-state index in [0.717, 1.165) is 16.7 Å². The van der Waals surface area contributed by atoms with Gasteiger partial charge in [-0.05, 0) is 17.2 Å². The van der Waals surface area contributed by atoms with Gasteiger partial charge in [0.2, 0.25) is 0 Å². The molecule has 112 valence electrons. The van der Waals surface area contributed by atoms with Crippen molar-refractivity contribution in [2.24, 2.45) is 0 Å². The largest absolute Gasteiger partial charge is 0.485 e. The molecular formula is C20H16N2O. The summed E-state index contributed by atoms with van der Waals surface area (Å²) in [5, 5.41) is 9.32. The van der Waals surface area contributed by atoms with Gasteiger partial charge in [0.05, 0.1) is 11.3 Å². The Labute approximate surface area is 135 Å². The number of ether oxygens (including phenoxy) is 1. The maximum atomic E-state index is 9.32. The number of rotatable bonds is 4. The molecule has 0 aliphatic heterocycles. The molecule has 0 aliphatic rings. The van der Waals surface area contributed by atoms with Gasteiger partial charge in [0.25, 0.3) is 0 Å². The van der Waals surface area contributed by atoms with E-state index in [1.165, 1.54) is 0 Å². The molecule has 3 rings (SSSR count). The summed E-state index contributed by atoms with van der Waals surface area (Å²) in [5.74, 6) is 0.442. The summed E-state index contributed by atoms with van der Waals surface area (Å²) >= 11 is 0. The van der Waals surface area contributed by atoms with Crippen LogP contribution in [0.1, 0.15) is 11.1 Å². The molecule has 0 radical (unpaired) electrons. The average molecular weight is 300 g/mol. The number of hydrogen-bond acceptors (Lipinski definition) is 3. The third-order valence-electron chi connectivity index (χ3n) is 3.63. The first kappa shape index (κ1) is 14.7. The van der Waals surface area contributed by atoms with E-state index >= 15 is 0 Å². The van der Waals surface area contributed by atoms with Gasteiger partial charge < -0.3 is 10.5 Å². The highest BCUT2D eigenvalue weighted by atomic mass is 16.5. The van der Waals surface area contributed by atoms with Gasteiger partial charge in [-0.1, -0.05) is 66.7 Å². The first-order valence-corrected chi connectivity index (χ1v) is 7.34. The predicted molar refractivity (Wildman–Crippen MR) is 91.8 cm³/mol. The molecule has 0 atom stereocenters. The average Bonchev–Trinajstić information content (AvgIpc) is 2.62. The lowest BCUT2D eigenvalue weighted by atomic mass is 10.0. The van der Waals surface area contributed by atoms with Crippen LogP contribution in [0.3, 0.4) is 0 Å². The number of nitrogens with zero attached hydrogens (tertiary/aromatic N) is 1. The molecule has 3 aromatic rings. The lowest BCUT2D eigenvalue weighted by Crippen LogP contribution is -2.02. The zero-order chi connectivity index (χ0) is 16.1. The molecule has 3 aromatic carbocycles. The number of hydrogen-bond donors (Lipinski definition) is 1. The summed E-state index contributed by atoms with van der Waals surface area (Å²) < 4.78 is 5.86. The number of anilines is 1. The van der Waals surface area contributed by atoms with E-state index < -0.39 is 0 Å². The first-order chi connectivity index (χ1) is 11.3. The Morgan fingerprint density at radius 3 is 2.17 bits per heavy atom. The molecule has 2 N–H and O–H groups in total. The quantitative estimate of drug-likeness (QED) is 0.727. The molecule has 0 bridgehead atoms. The van der Waals surface area contributed by atoms with E-state index in [-0.39, 0.29) is 0 Å². The monoisotopic (exact) mass is 300 g/mol. The molecule has 23 heavy (non-hydrogen) atoms. The molecule has 0 saturated carbocycles. The van der Waals surface area contributed by atoms with Gasteiger partial charge in [0, 0.05) is 5.56 Å². The highest BCUT2D eigenvalue weighted by molar-refractivity contribution is 5.82. The van der Waals surface area contributed by atoms with E-state index in [1.807, 2.05) is 66.7 Å². The summed E-state index contributed by atoms with van der Waals surface area (Å²) in [7, 11) is 0. The van der Waals surface area contributed by atoms with Gasteiger partial charge in [0.15, 0.2) is 5.75 Å². The number of benzene rings is 3. The standard InChI is InChI=1S/C20H16N2O/c21-13-17-11-12-18(16-9-5-2-6-10-16)19(22)20(17)23-14-15-7-3-1-4-8-15/h1-12H,14,22H2. The number of nitrogen functional groups attached to an aromatic ring is 1. The van der Waals surface area contributed by atoms with E-state index in [2.05, 4.69) is 6.07 Å². The van der Waals surface area contributed by atoms with Crippen LogP contribution in [-0.4, -0.2) is 0 Å². The van der Waals surface area contributed by atoms with E-state index in [4.69, 9.17) is 10.5 Å². The molecule has 3 heteroatoms. The Kier molecular flexibility index (Phi) is 4.26. The fourth-order valence-electron chi connectivity index (χ4n) is 2.44. The Morgan fingerprint density at radius 2 is 1.52 bits per heavy atom. The molecule has 0 aromatic heterocycles. The van der Waals surface area contributed by atoms with Crippen molar-refractivity contribution in [3.63, 3.8) is 0 Å². The van der Waals surface area contributed by atoms with Crippen molar-refractivity contribution in [2.75, 3.05) is 5.73 Å². The minimum Gasteiger partial charge on any atom is -0.485 e. The Bertz CT molecular complexity index is 837. The molecule has 0 spiro atoms. The van der Waals surface area contributed by atoms with Crippen LogP contribution < -0.4 is 10.5 Å². The van der Waals surface area contributed by atoms with Crippen LogP contribution in [0.4, 0.5) is 5.69 Å². The molecule has 0 aliphatic carbocycles. The fraction of sp³-hybridized carbons (Fsp3) is 0.0500. The van der Waals surface area contributed by atoms with Crippen molar-refractivity contribution in [2.45, 2.75) is 6.61 Å². The number of nitriles is 1. The van der Waals surface area contributed by atoms with Crippen molar-refractivity contribution in [3.8, 4) is 22.9 Å². The molecular weight excluding hydrogens is 284 g/mol. The van der Waals surface area contributed by atoms with Gasteiger partial charge in [0.1, 0.15) is 12.7 Å². The third kappa shape index (κ3) is 3.17. The maximum Gasteiger partial charge on any atom is 0.161 e. The minimum absolute atomic E-state index is 0.373. The second-order valence-electron chi connectivity index (χ2n) is 5.16. The van der Waals surface area contributed by atoms with Crippen LogP contribution in [0.5, 0.6) is 5.75 Å². The highest BCUT2D eigenvalue weighted by Gasteiger charge is 2.13. The molecule has 0 saturated heterocycles. The van der Waals surface area contributed by atoms with E-state index in [9.17, 15) is 5.26 Å². The summed E-state index contributed by atoms with van der Waals surface area (Å²) in [4.78, 5) is 0. The Balaban J connectivity index is 1.96. The summed E-state index contributed by atoms with van der Waals surface area (Å²) in [6.45, 7) is 0.373. The normalized spacial score (nSPS) is 10.0. The van der Waals surface area contributed by atoms with Gasteiger partial charge in [-0.15, -0.1) is 0 Å². The molecule has 0 amide bonds. The summed E-state index contributed by atoms with van der Waals surface area (Å²) in [5.41, 5.74) is 10.1. The smallest absolute Gasteiger partial charge is 0.161 e. The molecule has 0 heterocycles. The highest BCUT2D eigenvalue weighted by Crippen LogP contribution is 2.36. The lowest BCUT2D eigenvalue weighted by molar-refractivity contribution is 0.307. The van der Waals surface area contributed by atoms with E-state index in [1.54, 1.807) is 6.07 Å². The van der Waals surface area contributed by atoms with Crippen molar-refractivity contribution < 1.29 is 4.74 Å². The lowest BCUT2D eigenvalue weighted by Gasteiger charge is -2.14. The van der Waals surface area contributed by atoms with E-state index in [0.29, 0.717) is 23.6 Å². The SMILES string of the molecule is N#Cc1ccc(-c2ccccc2)c(N)c1OCc1ccccc1. The maximum absolute atomic E-state index is 9.32. The zero-order valence-corrected chi connectivity index (χ0v) is 12.6. The van der Waals surface area contributed by atoms with Crippen LogP contribution in [-0.2, 0) is 6.61 Å².